The molecule has 10 heteroatoms. The van der Waals surface area contributed by atoms with Gasteiger partial charge in [-0.25, -0.2) is 9.07 Å². The van der Waals surface area contributed by atoms with E-state index in [1.807, 2.05) is 0 Å². The maximum atomic E-state index is 13.5. The molecule has 2 aliphatic heterocycles. The predicted octanol–water partition coefficient (Wildman–Crippen LogP) is 3.50. The molecule has 2 aromatic rings. The number of halogens is 4. The third-order valence-corrected chi connectivity index (χ3v) is 5.64. The van der Waals surface area contributed by atoms with E-state index in [1.54, 1.807) is 12.1 Å². The number of aromatic nitrogens is 3. The highest BCUT2D eigenvalue weighted by Gasteiger charge is 2.48. The van der Waals surface area contributed by atoms with Crippen molar-refractivity contribution in [3.63, 3.8) is 0 Å². The van der Waals surface area contributed by atoms with E-state index in [2.05, 4.69) is 20.3 Å². The Balaban J connectivity index is 1.34. The summed E-state index contributed by atoms with van der Waals surface area (Å²) in [6.07, 6.45) is -1.47. The van der Waals surface area contributed by atoms with E-state index in [4.69, 9.17) is 4.74 Å². The summed E-state index contributed by atoms with van der Waals surface area (Å²) >= 11 is 0. The smallest absolute Gasteiger partial charge is 0.411 e. The van der Waals surface area contributed by atoms with Crippen molar-refractivity contribution in [2.75, 3.05) is 31.6 Å². The molecule has 0 unspecified atom stereocenters. The molecule has 1 fully saturated rings. The molecule has 0 radical (unpaired) electrons. The van der Waals surface area contributed by atoms with Crippen LogP contribution in [0.2, 0.25) is 0 Å². The van der Waals surface area contributed by atoms with Crippen molar-refractivity contribution in [2.45, 2.75) is 37.5 Å². The number of fused-ring (bicyclic) bond motifs is 1. The molecule has 3 atom stereocenters. The number of ether oxygens (including phenoxy) is 1. The van der Waals surface area contributed by atoms with Crippen LogP contribution in [-0.4, -0.2) is 58.1 Å². The Bertz CT molecular complexity index is 810. The van der Waals surface area contributed by atoms with Crippen molar-refractivity contribution < 1.29 is 22.3 Å². The largest absolute Gasteiger partial charge is 0.492 e. The maximum Gasteiger partial charge on any atom is 0.411 e. The number of hydrogen-bond donors (Lipinski definition) is 1. The second-order valence-corrected chi connectivity index (χ2v) is 7.58. The number of rotatable bonds is 5. The number of piperidine rings is 1. The molecule has 158 valence electrons. The lowest BCUT2D eigenvalue weighted by molar-refractivity contribution is -0.174. The quantitative estimate of drug-likeness (QED) is 0.761. The summed E-state index contributed by atoms with van der Waals surface area (Å²) < 4.78 is 60.0. The van der Waals surface area contributed by atoms with Crippen molar-refractivity contribution in [3.05, 3.63) is 36.4 Å². The standard InChI is InChI=1S/C19H23F4N5O/c20-14-3-5-15(6-4-14)29-9-8-27-7-1-2-13(11-27)16-10-17(19(21,22)23)28-18(26-16)24-12-25-28/h3-6,12-13,16-17H,1-2,7-11H2,(H,24,25,26)/t13-,16-,17+/m0/s1. The number of hydrogen-bond acceptors (Lipinski definition) is 5. The van der Waals surface area contributed by atoms with Gasteiger partial charge in [0, 0.05) is 19.1 Å². The van der Waals surface area contributed by atoms with Crippen molar-refractivity contribution in [1.82, 2.24) is 19.7 Å². The fourth-order valence-electron chi connectivity index (χ4n) is 4.18. The minimum absolute atomic E-state index is 0.0511. The fourth-order valence-corrected chi connectivity index (χ4v) is 4.18. The third kappa shape index (κ3) is 4.63. The lowest BCUT2D eigenvalue weighted by Gasteiger charge is -2.41. The predicted molar refractivity (Wildman–Crippen MR) is 98.2 cm³/mol. The number of nitrogens with one attached hydrogen (secondary N) is 1. The molecule has 6 nitrogen and oxygen atoms in total. The Morgan fingerprint density at radius 2 is 2.00 bits per heavy atom. The molecule has 3 heterocycles. The first kappa shape index (κ1) is 19.9. The Hall–Kier alpha value is -2.36. The van der Waals surface area contributed by atoms with Crippen LogP contribution in [0.25, 0.3) is 0 Å². The normalized spacial score (nSPS) is 25.3. The van der Waals surface area contributed by atoms with Gasteiger partial charge in [-0.15, -0.1) is 0 Å². The van der Waals surface area contributed by atoms with Crippen LogP contribution in [0.1, 0.15) is 25.3 Å². The number of benzene rings is 1. The van der Waals surface area contributed by atoms with Crippen LogP contribution in [0.4, 0.5) is 23.5 Å². The minimum atomic E-state index is -4.36. The van der Waals surface area contributed by atoms with Gasteiger partial charge in [0.05, 0.1) is 0 Å². The fraction of sp³-hybridized carbons (Fsp3) is 0.579. The second kappa shape index (κ2) is 8.17. The van der Waals surface area contributed by atoms with Gasteiger partial charge in [0.25, 0.3) is 0 Å². The van der Waals surface area contributed by atoms with Crippen molar-refractivity contribution in [1.29, 1.82) is 0 Å². The summed E-state index contributed by atoms with van der Waals surface area (Å²) in [6, 6.07) is 3.89. The minimum Gasteiger partial charge on any atom is -0.492 e. The van der Waals surface area contributed by atoms with Crippen LogP contribution < -0.4 is 10.1 Å². The SMILES string of the molecule is Fc1ccc(OCCN2CCC[C@H]([C@@H]3C[C@H](C(F)(F)F)n4ncnc4N3)C2)cc1. The second-order valence-electron chi connectivity index (χ2n) is 7.58. The summed E-state index contributed by atoms with van der Waals surface area (Å²) in [6.45, 7) is 2.69. The first-order valence-electron chi connectivity index (χ1n) is 9.73. The van der Waals surface area contributed by atoms with Crippen molar-refractivity contribution in [3.8, 4) is 5.75 Å². The van der Waals surface area contributed by atoms with E-state index in [0.717, 1.165) is 30.4 Å². The van der Waals surface area contributed by atoms with Gasteiger partial charge in [-0.2, -0.15) is 23.3 Å². The van der Waals surface area contributed by atoms with Crippen LogP contribution >= 0.6 is 0 Å². The lowest BCUT2D eigenvalue weighted by atomic mass is 9.86. The molecule has 0 amide bonds. The van der Waals surface area contributed by atoms with E-state index >= 15 is 0 Å². The van der Waals surface area contributed by atoms with Crippen LogP contribution in [-0.2, 0) is 0 Å². The molecule has 1 aromatic carbocycles. The van der Waals surface area contributed by atoms with Crippen molar-refractivity contribution >= 4 is 5.95 Å². The first-order valence-corrected chi connectivity index (χ1v) is 9.73. The zero-order valence-electron chi connectivity index (χ0n) is 15.8. The molecule has 0 saturated carbocycles. The molecular formula is C19H23F4N5O. The highest BCUT2D eigenvalue weighted by atomic mass is 19.4. The first-order chi connectivity index (χ1) is 13.9. The van der Waals surface area contributed by atoms with E-state index < -0.39 is 12.2 Å². The summed E-state index contributed by atoms with van der Waals surface area (Å²) in [5.41, 5.74) is 0. The Morgan fingerprint density at radius 1 is 1.21 bits per heavy atom. The van der Waals surface area contributed by atoms with Crippen LogP contribution in [0, 0.1) is 11.7 Å². The Labute approximate surface area is 165 Å². The Kier molecular flexibility index (Phi) is 5.62. The van der Waals surface area contributed by atoms with Crippen LogP contribution in [0.3, 0.4) is 0 Å². The van der Waals surface area contributed by atoms with Crippen molar-refractivity contribution in [2.24, 2.45) is 5.92 Å². The third-order valence-electron chi connectivity index (χ3n) is 5.64. The number of anilines is 1. The van der Waals surface area contributed by atoms with Gasteiger partial charge >= 0.3 is 6.18 Å². The van der Waals surface area contributed by atoms with E-state index in [-0.39, 0.29) is 30.1 Å². The van der Waals surface area contributed by atoms with Gasteiger partial charge in [0.15, 0.2) is 6.04 Å². The molecule has 4 rings (SSSR count). The van der Waals surface area contributed by atoms with E-state index in [9.17, 15) is 17.6 Å². The van der Waals surface area contributed by atoms with E-state index in [0.29, 0.717) is 25.4 Å². The Morgan fingerprint density at radius 3 is 2.76 bits per heavy atom. The monoisotopic (exact) mass is 413 g/mol. The highest BCUT2D eigenvalue weighted by Crippen LogP contribution is 2.40. The topological polar surface area (TPSA) is 55.2 Å². The van der Waals surface area contributed by atoms with Gasteiger partial charge in [-0.05, 0) is 56.0 Å². The van der Waals surface area contributed by atoms with Gasteiger partial charge in [0.2, 0.25) is 5.95 Å². The zero-order chi connectivity index (χ0) is 20.4. The average Bonchev–Trinajstić information content (AvgIpc) is 3.17. The molecule has 0 aliphatic carbocycles. The highest BCUT2D eigenvalue weighted by molar-refractivity contribution is 5.30. The summed E-state index contributed by atoms with van der Waals surface area (Å²) in [5, 5.41) is 6.90. The van der Waals surface area contributed by atoms with Crippen LogP contribution in [0.15, 0.2) is 30.6 Å². The molecule has 1 N–H and O–H groups in total. The molecule has 1 aromatic heterocycles. The average molecular weight is 413 g/mol. The van der Waals surface area contributed by atoms with E-state index in [1.165, 1.54) is 12.1 Å². The molecule has 0 spiro atoms. The zero-order valence-corrected chi connectivity index (χ0v) is 15.8. The number of likely N-dealkylation sites (tertiary alicyclic amines) is 1. The maximum absolute atomic E-state index is 13.5. The molecule has 0 bridgehead atoms. The van der Waals surface area contributed by atoms with Gasteiger partial charge in [-0.1, -0.05) is 0 Å². The molecular weight excluding hydrogens is 390 g/mol. The lowest BCUT2D eigenvalue weighted by Crippen LogP contribution is -2.48. The van der Waals surface area contributed by atoms with Gasteiger partial charge < -0.3 is 10.1 Å². The number of alkyl halides is 3. The summed E-state index contributed by atoms with van der Waals surface area (Å²) in [7, 11) is 0. The molecule has 1 saturated heterocycles. The van der Waals surface area contributed by atoms with Gasteiger partial charge in [0.1, 0.15) is 24.5 Å². The van der Waals surface area contributed by atoms with Gasteiger partial charge in [-0.3, -0.25) is 4.90 Å². The number of nitrogens with zero attached hydrogens (tertiary/aromatic N) is 4. The van der Waals surface area contributed by atoms with Crippen LogP contribution in [0.5, 0.6) is 5.75 Å². The molecule has 29 heavy (non-hydrogen) atoms. The molecule has 2 aliphatic rings. The summed E-state index contributed by atoms with van der Waals surface area (Å²) in [4.78, 5) is 6.16. The summed E-state index contributed by atoms with van der Waals surface area (Å²) in [5.74, 6) is 0.552.